The van der Waals surface area contributed by atoms with E-state index in [1.807, 2.05) is 0 Å². The van der Waals surface area contributed by atoms with Crippen molar-refractivity contribution in [1.82, 2.24) is 0 Å². The summed E-state index contributed by atoms with van der Waals surface area (Å²) in [6.45, 7) is 4.49. The number of nitrogens with zero attached hydrogens (tertiary/aromatic N) is 1. The highest BCUT2D eigenvalue weighted by Crippen LogP contribution is 2.14. The molecule has 0 bridgehead atoms. The predicted octanol–water partition coefficient (Wildman–Crippen LogP) is 14.1. The van der Waals surface area contributed by atoms with Gasteiger partial charge >= 0.3 is 11.9 Å². The molecule has 0 aromatic heterocycles. The summed E-state index contributed by atoms with van der Waals surface area (Å²) >= 11 is 0. The van der Waals surface area contributed by atoms with Crippen LogP contribution in [-0.4, -0.2) is 75.5 Å². The molecule has 0 spiro atoms. The number of carboxylic acids is 1. The van der Waals surface area contributed by atoms with Crippen LogP contribution in [0.15, 0.2) is 97.2 Å². The normalized spacial score (nSPS) is 13.7. The van der Waals surface area contributed by atoms with Gasteiger partial charge in [-0.05, 0) is 96.3 Å². The van der Waals surface area contributed by atoms with E-state index in [2.05, 4.69) is 111 Å². The smallest absolute Gasteiger partial charge is 0.306 e. The minimum Gasteiger partial charge on any atom is -0.544 e. The molecule has 0 radical (unpaired) electrons. The summed E-state index contributed by atoms with van der Waals surface area (Å²) in [6.07, 6.45) is 64.3. The number of allylic oxidation sites excluding steroid dienone is 16. The average molecular weight is 920 g/mol. The van der Waals surface area contributed by atoms with Crippen molar-refractivity contribution in [1.29, 1.82) is 0 Å². The van der Waals surface area contributed by atoms with E-state index < -0.39 is 18.1 Å². The molecule has 0 heterocycles. The number of quaternary nitrogens is 1. The number of unbranched alkanes of at least 4 members (excludes halogenated alkanes) is 16. The van der Waals surface area contributed by atoms with Gasteiger partial charge in [0.1, 0.15) is 12.6 Å². The first-order chi connectivity index (χ1) is 32.1. The zero-order chi connectivity index (χ0) is 48.4. The standard InChI is InChI=1S/C58H97NO7/c1-6-8-10-12-14-16-18-20-22-24-26-28-29-31-33-35-37-39-41-43-45-47-49-57(61)66-54(52-64-51-50-55(58(62)63)59(3,4)5)53-65-56(60)48-46-44-42-40-38-36-34-32-30-27-25-23-21-19-17-15-13-11-9-7-2/h9,11,14-17,20-23,26-28,30,34,36,54-55H,6-8,10,12-13,18-19,24-25,29,31-33,35,37-53H2,1-5H3/b11-9+,16-14+,17-15+,22-20+,23-21+,28-26+,30-27+,36-34+. The third kappa shape index (κ3) is 45.4. The fourth-order valence-electron chi connectivity index (χ4n) is 7.16. The van der Waals surface area contributed by atoms with Crippen molar-refractivity contribution in [2.24, 2.45) is 0 Å². The predicted molar refractivity (Wildman–Crippen MR) is 277 cm³/mol. The average Bonchev–Trinajstić information content (AvgIpc) is 3.28. The highest BCUT2D eigenvalue weighted by molar-refractivity contribution is 5.70. The van der Waals surface area contributed by atoms with Crippen LogP contribution in [0.25, 0.3) is 0 Å². The summed E-state index contributed by atoms with van der Waals surface area (Å²) in [4.78, 5) is 37.1. The molecule has 66 heavy (non-hydrogen) atoms. The van der Waals surface area contributed by atoms with Gasteiger partial charge in [0, 0.05) is 19.3 Å². The minimum atomic E-state index is -1.13. The Labute approximate surface area is 405 Å². The number of hydrogen-bond donors (Lipinski definition) is 0. The zero-order valence-corrected chi connectivity index (χ0v) is 42.8. The van der Waals surface area contributed by atoms with Crippen LogP contribution < -0.4 is 5.11 Å². The molecule has 376 valence electrons. The highest BCUT2D eigenvalue weighted by Gasteiger charge is 2.25. The maximum Gasteiger partial charge on any atom is 0.306 e. The van der Waals surface area contributed by atoms with E-state index in [9.17, 15) is 19.5 Å². The molecule has 0 aromatic rings. The zero-order valence-electron chi connectivity index (χ0n) is 42.8. The first kappa shape index (κ1) is 62.2. The van der Waals surface area contributed by atoms with Crippen LogP contribution in [0, 0.1) is 0 Å². The molecule has 8 heteroatoms. The number of hydrogen-bond acceptors (Lipinski definition) is 7. The fourth-order valence-corrected chi connectivity index (χ4v) is 7.16. The van der Waals surface area contributed by atoms with Crippen molar-refractivity contribution in [2.45, 2.75) is 212 Å². The Morgan fingerprint density at radius 2 is 0.848 bits per heavy atom. The number of carbonyl (C=O) groups is 3. The quantitative estimate of drug-likeness (QED) is 0.0259. The van der Waals surface area contributed by atoms with Crippen LogP contribution in [0.5, 0.6) is 0 Å². The summed E-state index contributed by atoms with van der Waals surface area (Å²) in [5.41, 5.74) is 0. The van der Waals surface area contributed by atoms with Gasteiger partial charge in [-0.2, -0.15) is 0 Å². The molecule has 0 aliphatic heterocycles. The lowest BCUT2D eigenvalue weighted by Gasteiger charge is -2.34. The topological polar surface area (TPSA) is 102 Å². The first-order valence-electron chi connectivity index (χ1n) is 26.3. The van der Waals surface area contributed by atoms with Crippen molar-refractivity contribution in [3.8, 4) is 0 Å². The van der Waals surface area contributed by atoms with Crippen LogP contribution in [0.2, 0.25) is 0 Å². The Bertz CT molecular complexity index is 1400. The molecule has 2 atom stereocenters. The molecule has 0 aromatic carbocycles. The van der Waals surface area contributed by atoms with Crippen LogP contribution in [-0.2, 0) is 28.6 Å². The van der Waals surface area contributed by atoms with Crippen LogP contribution in [0.4, 0.5) is 0 Å². The molecule has 0 rings (SSSR count). The van der Waals surface area contributed by atoms with E-state index in [1.165, 1.54) is 64.2 Å². The molecule has 0 saturated heterocycles. The van der Waals surface area contributed by atoms with Gasteiger partial charge in [-0.1, -0.05) is 182 Å². The number of carbonyl (C=O) groups excluding carboxylic acids is 3. The third-order valence-corrected chi connectivity index (χ3v) is 11.2. The summed E-state index contributed by atoms with van der Waals surface area (Å²) in [5, 5.41) is 11.7. The molecular formula is C58H97NO7. The summed E-state index contributed by atoms with van der Waals surface area (Å²) in [5.74, 6) is -1.78. The van der Waals surface area contributed by atoms with Gasteiger partial charge in [-0.3, -0.25) is 9.59 Å². The van der Waals surface area contributed by atoms with Gasteiger partial charge in [0.15, 0.2) is 6.10 Å². The van der Waals surface area contributed by atoms with E-state index in [0.29, 0.717) is 12.8 Å². The van der Waals surface area contributed by atoms with Crippen molar-refractivity contribution < 1.29 is 38.2 Å². The van der Waals surface area contributed by atoms with Gasteiger partial charge in [0.25, 0.3) is 0 Å². The molecule has 2 unspecified atom stereocenters. The number of ether oxygens (including phenoxy) is 3. The van der Waals surface area contributed by atoms with Gasteiger partial charge in [0.2, 0.25) is 0 Å². The molecule has 0 saturated carbocycles. The van der Waals surface area contributed by atoms with Crippen LogP contribution in [0.1, 0.15) is 200 Å². The van der Waals surface area contributed by atoms with Gasteiger partial charge in [0.05, 0.1) is 40.3 Å². The van der Waals surface area contributed by atoms with Crippen molar-refractivity contribution in [2.75, 3.05) is 41.0 Å². The minimum absolute atomic E-state index is 0.0245. The number of rotatable bonds is 46. The van der Waals surface area contributed by atoms with E-state index in [0.717, 1.165) is 103 Å². The molecule has 0 N–H and O–H groups in total. The second-order valence-corrected chi connectivity index (χ2v) is 18.4. The van der Waals surface area contributed by atoms with Crippen molar-refractivity contribution in [3.63, 3.8) is 0 Å². The number of esters is 2. The number of aliphatic carboxylic acids is 1. The SMILES string of the molecule is CC/C=C/C/C=C/C/C=C/C/C=C/C/C=C/CCCCCCC(=O)OCC(COCCC(C(=O)[O-])[N+](C)(C)C)OC(=O)CCCCCCCCCCC/C=C/C/C=C/C/C=C/CCCCC. The van der Waals surface area contributed by atoms with Gasteiger partial charge < -0.3 is 28.6 Å². The Balaban J connectivity index is 4.31. The molecule has 0 amide bonds. The van der Waals surface area contributed by atoms with E-state index in [1.54, 1.807) is 21.1 Å². The van der Waals surface area contributed by atoms with E-state index in [4.69, 9.17) is 14.2 Å². The number of likely N-dealkylation sites (N-methyl/N-ethyl adjacent to an activating group) is 1. The Kier molecular flexibility index (Phi) is 45.0. The van der Waals surface area contributed by atoms with Crippen LogP contribution >= 0.6 is 0 Å². The largest absolute Gasteiger partial charge is 0.544 e. The Morgan fingerprint density at radius 1 is 0.470 bits per heavy atom. The fraction of sp³-hybridized carbons (Fsp3) is 0.672. The third-order valence-electron chi connectivity index (χ3n) is 11.2. The van der Waals surface area contributed by atoms with Gasteiger partial charge in [-0.15, -0.1) is 0 Å². The lowest BCUT2D eigenvalue weighted by atomic mass is 10.1. The molecule has 0 fully saturated rings. The molecule has 0 aliphatic rings. The van der Waals surface area contributed by atoms with Crippen LogP contribution in [0.3, 0.4) is 0 Å². The summed E-state index contributed by atoms with van der Waals surface area (Å²) in [7, 11) is 5.40. The second kappa shape index (κ2) is 47.7. The van der Waals surface area contributed by atoms with Crippen molar-refractivity contribution >= 4 is 17.9 Å². The Hall–Kier alpha value is -3.75. The molecule has 0 aliphatic carbocycles. The van der Waals surface area contributed by atoms with E-state index in [-0.39, 0.29) is 42.7 Å². The second-order valence-electron chi connectivity index (χ2n) is 18.4. The summed E-state index contributed by atoms with van der Waals surface area (Å²) in [6, 6.07) is -0.737. The monoisotopic (exact) mass is 920 g/mol. The maximum absolute atomic E-state index is 12.8. The first-order valence-corrected chi connectivity index (χ1v) is 26.3. The summed E-state index contributed by atoms with van der Waals surface area (Å²) < 4.78 is 17.2. The highest BCUT2D eigenvalue weighted by atomic mass is 16.6. The molecule has 8 nitrogen and oxygen atoms in total. The number of carboxylic acid groups (broad SMARTS) is 1. The van der Waals surface area contributed by atoms with Gasteiger partial charge in [-0.25, -0.2) is 0 Å². The Morgan fingerprint density at radius 3 is 1.26 bits per heavy atom. The van der Waals surface area contributed by atoms with E-state index >= 15 is 0 Å². The van der Waals surface area contributed by atoms with Crippen molar-refractivity contribution in [3.05, 3.63) is 97.2 Å². The molecular weight excluding hydrogens is 823 g/mol. The maximum atomic E-state index is 12.8. The lowest BCUT2D eigenvalue weighted by Crippen LogP contribution is -2.55. The lowest BCUT2D eigenvalue weighted by molar-refractivity contribution is -0.889.